The number of Topliss-reactive ketones (excluding diaryl/α,β-unsaturated/α-hetero) is 1. The molecule has 1 aromatic rings. The molecule has 1 heterocycles. The average molecular weight is 263 g/mol. The maximum atomic E-state index is 11.8. The standard InChI is InChI=1S/C14H17NO4/c1-8(2)4-14(17)15-11-6-13-12(18-7-19-13)5-10(11)9(3)16/h5-6,8H,4,7H2,1-3H3,(H,15,17). The van der Waals surface area contributed by atoms with Gasteiger partial charge in [-0.1, -0.05) is 13.8 Å². The summed E-state index contributed by atoms with van der Waals surface area (Å²) in [4.78, 5) is 23.4. The molecule has 0 saturated carbocycles. The fraction of sp³-hybridized carbons (Fsp3) is 0.429. The number of ketones is 1. The molecule has 0 saturated heterocycles. The van der Waals surface area contributed by atoms with E-state index in [1.54, 1.807) is 12.1 Å². The van der Waals surface area contributed by atoms with Crippen molar-refractivity contribution < 1.29 is 19.1 Å². The molecule has 1 aromatic carbocycles. The molecule has 1 aliphatic heterocycles. The molecular weight excluding hydrogens is 246 g/mol. The highest BCUT2D eigenvalue weighted by Gasteiger charge is 2.20. The summed E-state index contributed by atoms with van der Waals surface area (Å²) in [6.45, 7) is 5.52. The van der Waals surface area contributed by atoms with Gasteiger partial charge in [0.05, 0.1) is 5.69 Å². The number of fused-ring (bicyclic) bond motifs is 1. The van der Waals surface area contributed by atoms with Crippen LogP contribution in [0.25, 0.3) is 0 Å². The number of hydrogen-bond donors (Lipinski definition) is 1. The van der Waals surface area contributed by atoms with Gasteiger partial charge in [0.15, 0.2) is 17.3 Å². The zero-order chi connectivity index (χ0) is 14.0. The number of rotatable bonds is 4. The van der Waals surface area contributed by atoms with Gasteiger partial charge in [-0.3, -0.25) is 9.59 Å². The van der Waals surface area contributed by atoms with Crippen LogP contribution in [0, 0.1) is 5.92 Å². The summed E-state index contributed by atoms with van der Waals surface area (Å²) < 4.78 is 10.5. The largest absolute Gasteiger partial charge is 0.454 e. The van der Waals surface area contributed by atoms with E-state index in [0.717, 1.165) is 0 Å². The van der Waals surface area contributed by atoms with Gasteiger partial charge >= 0.3 is 0 Å². The summed E-state index contributed by atoms with van der Waals surface area (Å²) in [7, 11) is 0. The van der Waals surface area contributed by atoms with Crippen molar-refractivity contribution in [3.05, 3.63) is 17.7 Å². The van der Waals surface area contributed by atoms with Gasteiger partial charge in [-0.2, -0.15) is 0 Å². The third-order valence-electron chi connectivity index (χ3n) is 2.76. The molecule has 5 heteroatoms. The van der Waals surface area contributed by atoms with Crippen molar-refractivity contribution in [2.45, 2.75) is 27.2 Å². The Hall–Kier alpha value is -2.04. The van der Waals surface area contributed by atoms with Gasteiger partial charge in [0.25, 0.3) is 0 Å². The second-order valence-electron chi connectivity index (χ2n) is 4.95. The molecule has 0 unspecified atom stereocenters. The number of anilines is 1. The SMILES string of the molecule is CC(=O)c1cc2c(cc1NC(=O)CC(C)C)OCO2. The molecule has 0 aliphatic carbocycles. The molecule has 0 aromatic heterocycles. The van der Waals surface area contributed by atoms with Crippen molar-refractivity contribution in [1.29, 1.82) is 0 Å². The van der Waals surface area contributed by atoms with Crippen LogP contribution in [0.3, 0.4) is 0 Å². The van der Waals surface area contributed by atoms with Gasteiger partial charge < -0.3 is 14.8 Å². The second-order valence-corrected chi connectivity index (χ2v) is 4.95. The van der Waals surface area contributed by atoms with Gasteiger partial charge in [-0.05, 0) is 18.9 Å². The third-order valence-corrected chi connectivity index (χ3v) is 2.76. The zero-order valence-corrected chi connectivity index (χ0v) is 11.3. The monoisotopic (exact) mass is 263 g/mol. The molecule has 0 radical (unpaired) electrons. The summed E-state index contributed by atoms with van der Waals surface area (Å²) in [6.07, 6.45) is 0.409. The topological polar surface area (TPSA) is 64.6 Å². The fourth-order valence-electron chi connectivity index (χ4n) is 1.91. The molecule has 19 heavy (non-hydrogen) atoms. The summed E-state index contributed by atoms with van der Waals surface area (Å²) in [5.41, 5.74) is 0.906. The van der Waals surface area contributed by atoms with Crippen molar-refractivity contribution in [3.63, 3.8) is 0 Å². The summed E-state index contributed by atoms with van der Waals surface area (Å²) >= 11 is 0. The number of nitrogens with one attached hydrogen (secondary N) is 1. The van der Waals surface area contributed by atoms with E-state index in [1.807, 2.05) is 13.8 Å². The maximum absolute atomic E-state index is 11.8. The van der Waals surface area contributed by atoms with Crippen LogP contribution in [0.5, 0.6) is 11.5 Å². The predicted octanol–water partition coefficient (Wildman–Crippen LogP) is 2.60. The highest BCUT2D eigenvalue weighted by molar-refractivity contribution is 6.04. The van der Waals surface area contributed by atoms with Gasteiger partial charge in [0.2, 0.25) is 12.7 Å². The minimum Gasteiger partial charge on any atom is -0.454 e. The quantitative estimate of drug-likeness (QED) is 0.848. The Kier molecular flexibility index (Phi) is 3.74. The van der Waals surface area contributed by atoms with Crippen molar-refractivity contribution in [3.8, 4) is 11.5 Å². The van der Waals surface area contributed by atoms with Gasteiger partial charge in [0, 0.05) is 18.1 Å². The molecule has 1 N–H and O–H groups in total. The van der Waals surface area contributed by atoms with E-state index in [0.29, 0.717) is 29.2 Å². The molecule has 0 atom stereocenters. The summed E-state index contributed by atoms with van der Waals surface area (Å²) in [6, 6.07) is 3.24. The highest BCUT2D eigenvalue weighted by Crippen LogP contribution is 2.37. The molecule has 0 bridgehead atoms. The Bertz CT molecular complexity index is 522. The van der Waals surface area contributed by atoms with Crippen LogP contribution in [0.4, 0.5) is 5.69 Å². The van der Waals surface area contributed by atoms with E-state index in [-0.39, 0.29) is 24.4 Å². The average Bonchev–Trinajstić information content (AvgIpc) is 2.73. The molecule has 5 nitrogen and oxygen atoms in total. The van der Waals surface area contributed by atoms with E-state index in [4.69, 9.17) is 9.47 Å². The maximum Gasteiger partial charge on any atom is 0.231 e. The Morgan fingerprint density at radius 2 is 1.89 bits per heavy atom. The first-order valence-electron chi connectivity index (χ1n) is 6.22. The fourth-order valence-corrected chi connectivity index (χ4v) is 1.91. The number of carbonyl (C=O) groups excluding carboxylic acids is 2. The molecule has 1 amide bonds. The predicted molar refractivity (Wildman–Crippen MR) is 70.7 cm³/mol. The Morgan fingerprint density at radius 3 is 2.47 bits per heavy atom. The van der Waals surface area contributed by atoms with Crippen molar-refractivity contribution in [2.75, 3.05) is 12.1 Å². The normalized spacial score (nSPS) is 12.6. The molecule has 1 aliphatic rings. The lowest BCUT2D eigenvalue weighted by atomic mass is 10.1. The lowest BCUT2D eigenvalue weighted by Gasteiger charge is -2.11. The van der Waals surface area contributed by atoms with Crippen LogP contribution in [0.15, 0.2) is 12.1 Å². The first-order chi connectivity index (χ1) is 8.97. The van der Waals surface area contributed by atoms with Crippen LogP contribution in [-0.4, -0.2) is 18.5 Å². The Morgan fingerprint density at radius 1 is 1.26 bits per heavy atom. The van der Waals surface area contributed by atoms with Crippen molar-refractivity contribution >= 4 is 17.4 Å². The van der Waals surface area contributed by atoms with Crippen LogP contribution < -0.4 is 14.8 Å². The van der Waals surface area contributed by atoms with Crippen LogP contribution in [-0.2, 0) is 4.79 Å². The number of benzene rings is 1. The molecule has 0 fully saturated rings. The van der Waals surface area contributed by atoms with Crippen LogP contribution >= 0.6 is 0 Å². The van der Waals surface area contributed by atoms with E-state index >= 15 is 0 Å². The van der Waals surface area contributed by atoms with E-state index < -0.39 is 0 Å². The van der Waals surface area contributed by atoms with Crippen molar-refractivity contribution in [2.24, 2.45) is 5.92 Å². The molecule has 2 rings (SSSR count). The lowest BCUT2D eigenvalue weighted by Crippen LogP contribution is -2.15. The minimum absolute atomic E-state index is 0.114. The third kappa shape index (κ3) is 3.05. The van der Waals surface area contributed by atoms with Crippen LogP contribution in [0.1, 0.15) is 37.6 Å². The first kappa shape index (κ1) is 13.4. The van der Waals surface area contributed by atoms with E-state index in [2.05, 4.69) is 5.32 Å². The molecule has 0 spiro atoms. The number of ether oxygens (including phenoxy) is 2. The second kappa shape index (κ2) is 5.30. The van der Waals surface area contributed by atoms with Gasteiger partial charge in [-0.25, -0.2) is 0 Å². The Balaban J connectivity index is 2.28. The van der Waals surface area contributed by atoms with Gasteiger partial charge in [-0.15, -0.1) is 0 Å². The molecular formula is C14H17NO4. The summed E-state index contributed by atoms with van der Waals surface area (Å²) in [5, 5.41) is 2.76. The van der Waals surface area contributed by atoms with Crippen molar-refractivity contribution in [1.82, 2.24) is 0 Å². The number of carbonyl (C=O) groups is 2. The number of amides is 1. The highest BCUT2D eigenvalue weighted by atomic mass is 16.7. The van der Waals surface area contributed by atoms with E-state index in [1.165, 1.54) is 6.92 Å². The smallest absolute Gasteiger partial charge is 0.231 e. The lowest BCUT2D eigenvalue weighted by molar-refractivity contribution is -0.116. The molecule has 102 valence electrons. The van der Waals surface area contributed by atoms with Gasteiger partial charge in [0.1, 0.15) is 0 Å². The van der Waals surface area contributed by atoms with Crippen LogP contribution in [0.2, 0.25) is 0 Å². The van der Waals surface area contributed by atoms with E-state index in [9.17, 15) is 9.59 Å². The zero-order valence-electron chi connectivity index (χ0n) is 11.3. The first-order valence-corrected chi connectivity index (χ1v) is 6.22. The Labute approximate surface area is 111 Å². The number of hydrogen-bond acceptors (Lipinski definition) is 4. The summed E-state index contributed by atoms with van der Waals surface area (Å²) in [5.74, 6) is 1.10. The minimum atomic E-state index is -0.127.